The molecule has 0 unspecified atom stereocenters. The zero-order valence-electron chi connectivity index (χ0n) is 13.3. The topological polar surface area (TPSA) is 70.2 Å². The summed E-state index contributed by atoms with van der Waals surface area (Å²) in [4.78, 5) is 22.6. The zero-order valence-corrected chi connectivity index (χ0v) is 13.3. The lowest BCUT2D eigenvalue weighted by molar-refractivity contribution is -0.116. The summed E-state index contributed by atoms with van der Waals surface area (Å²) in [7, 11) is 0. The number of nitrogens with one attached hydrogen (secondary N) is 3. The van der Waals surface area contributed by atoms with Crippen LogP contribution in [0.5, 0.6) is 0 Å². The van der Waals surface area contributed by atoms with Crippen molar-refractivity contribution in [1.82, 2.24) is 0 Å². The monoisotopic (exact) mass is 311 g/mol. The SMILES string of the molecule is CCCC(=O)Nc1ccc(Nc2cccc(NC(C)=O)c2)cc1. The van der Waals surface area contributed by atoms with Gasteiger partial charge in [0, 0.05) is 36.1 Å². The Morgan fingerprint density at radius 2 is 1.52 bits per heavy atom. The second kappa shape index (κ2) is 7.98. The molecule has 0 heterocycles. The fraction of sp³-hybridized carbons (Fsp3) is 0.222. The molecule has 5 nitrogen and oxygen atoms in total. The van der Waals surface area contributed by atoms with E-state index in [1.807, 2.05) is 55.5 Å². The molecule has 2 rings (SSSR count). The number of rotatable bonds is 6. The summed E-state index contributed by atoms with van der Waals surface area (Å²) in [6.45, 7) is 3.45. The maximum atomic E-state index is 11.6. The van der Waals surface area contributed by atoms with Gasteiger partial charge in [-0.15, -0.1) is 0 Å². The molecule has 0 fully saturated rings. The van der Waals surface area contributed by atoms with Crippen molar-refractivity contribution in [1.29, 1.82) is 0 Å². The maximum absolute atomic E-state index is 11.6. The van der Waals surface area contributed by atoms with Crippen LogP contribution in [0, 0.1) is 0 Å². The van der Waals surface area contributed by atoms with E-state index in [1.165, 1.54) is 6.92 Å². The second-order valence-corrected chi connectivity index (χ2v) is 5.26. The van der Waals surface area contributed by atoms with Crippen molar-refractivity contribution in [3.05, 3.63) is 48.5 Å². The van der Waals surface area contributed by atoms with Crippen molar-refractivity contribution in [3.8, 4) is 0 Å². The highest BCUT2D eigenvalue weighted by Gasteiger charge is 2.02. The van der Waals surface area contributed by atoms with E-state index in [-0.39, 0.29) is 11.8 Å². The minimum absolute atomic E-state index is 0.0243. The average molecular weight is 311 g/mol. The summed E-state index contributed by atoms with van der Waals surface area (Å²) in [5.74, 6) is -0.0782. The molecule has 0 aliphatic carbocycles. The zero-order chi connectivity index (χ0) is 16.7. The van der Waals surface area contributed by atoms with Crippen LogP contribution in [-0.2, 0) is 9.59 Å². The molecule has 0 aliphatic rings. The summed E-state index contributed by atoms with van der Waals surface area (Å²) in [5.41, 5.74) is 3.30. The number of benzene rings is 2. The van der Waals surface area contributed by atoms with Crippen LogP contribution in [0.3, 0.4) is 0 Å². The number of carbonyl (C=O) groups excluding carboxylic acids is 2. The molecule has 5 heteroatoms. The lowest BCUT2D eigenvalue weighted by Crippen LogP contribution is -2.10. The second-order valence-electron chi connectivity index (χ2n) is 5.26. The fourth-order valence-electron chi connectivity index (χ4n) is 2.13. The van der Waals surface area contributed by atoms with E-state index in [4.69, 9.17) is 0 Å². The molecule has 0 aromatic heterocycles. The summed E-state index contributed by atoms with van der Waals surface area (Å²) in [5, 5.41) is 8.86. The fourth-order valence-corrected chi connectivity index (χ4v) is 2.13. The van der Waals surface area contributed by atoms with Crippen LogP contribution in [0.15, 0.2) is 48.5 Å². The Kier molecular flexibility index (Phi) is 5.74. The predicted molar refractivity (Wildman–Crippen MR) is 94.0 cm³/mol. The molecule has 0 bridgehead atoms. The predicted octanol–water partition coefficient (Wildman–Crippen LogP) is 4.13. The molecule has 23 heavy (non-hydrogen) atoms. The van der Waals surface area contributed by atoms with Gasteiger partial charge in [0.05, 0.1) is 0 Å². The normalized spacial score (nSPS) is 10.0. The Morgan fingerprint density at radius 3 is 2.17 bits per heavy atom. The molecule has 0 spiro atoms. The molecule has 0 saturated heterocycles. The number of amides is 2. The van der Waals surface area contributed by atoms with Gasteiger partial charge in [-0.25, -0.2) is 0 Å². The van der Waals surface area contributed by atoms with E-state index in [1.54, 1.807) is 0 Å². The molecule has 0 radical (unpaired) electrons. The van der Waals surface area contributed by atoms with Crippen molar-refractivity contribution >= 4 is 34.6 Å². The molecule has 0 aliphatic heterocycles. The lowest BCUT2D eigenvalue weighted by Gasteiger charge is -2.10. The third-order valence-electron chi connectivity index (χ3n) is 3.12. The van der Waals surface area contributed by atoms with Crippen molar-refractivity contribution in [2.75, 3.05) is 16.0 Å². The minimum atomic E-state index is -0.102. The first-order valence-electron chi connectivity index (χ1n) is 7.61. The van der Waals surface area contributed by atoms with E-state index in [0.29, 0.717) is 6.42 Å². The highest BCUT2D eigenvalue weighted by atomic mass is 16.2. The van der Waals surface area contributed by atoms with Crippen molar-refractivity contribution < 1.29 is 9.59 Å². The van der Waals surface area contributed by atoms with E-state index in [2.05, 4.69) is 16.0 Å². The van der Waals surface area contributed by atoms with Gasteiger partial charge in [0.2, 0.25) is 11.8 Å². The minimum Gasteiger partial charge on any atom is -0.355 e. The number of hydrogen-bond acceptors (Lipinski definition) is 3. The maximum Gasteiger partial charge on any atom is 0.224 e. The molecule has 3 N–H and O–H groups in total. The van der Waals surface area contributed by atoms with E-state index < -0.39 is 0 Å². The Bertz CT molecular complexity index is 681. The standard InChI is InChI=1S/C18H21N3O2/c1-3-5-18(23)21-15-10-8-14(9-11-15)20-17-7-4-6-16(12-17)19-13(2)22/h4,6-12,20H,3,5H2,1-2H3,(H,19,22)(H,21,23). The third-order valence-corrected chi connectivity index (χ3v) is 3.12. The molecule has 120 valence electrons. The highest BCUT2D eigenvalue weighted by Crippen LogP contribution is 2.21. The van der Waals surface area contributed by atoms with Crippen LogP contribution in [0.4, 0.5) is 22.7 Å². The smallest absolute Gasteiger partial charge is 0.224 e. The highest BCUT2D eigenvalue weighted by molar-refractivity contribution is 5.91. The number of anilines is 4. The quantitative estimate of drug-likeness (QED) is 0.751. The van der Waals surface area contributed by atoms with Crippen LogP contribution >= 0.6 is 0 Å². The van der Waals surface area contributed by atoms with Gasteiger partial charge in [0.25, 0.3) is 0 Å². The van der Waals surface area contributed by atoms with Crippen LogP contribution < -0.4 is 16.0 Å². The van der Waals surface area contributed by atoms with E-state index >= 15 is 0 Å². The molecule has 0 atom stereocenters. The summed E-state index contributed by atoms with van der Waals surface area (Å²) < 4.78 is 0. The first kappa shape index (κ1) is 16.5. The third kappa shape index (κ3) is 5.47. The van der Waals surface area contributed by atoms with E-state index in [0.717, 1.165) is 29.2 Å². The lowest BCUT2D eigenvalue weighted by atomic mass is 10.2. The van der Waals surface area contributed by atoms with E-state index in [9.17, 15) is 9.59 Å². The van der Waals surface area contributed by atoms with Crippen molar-refractivity contribution in [2.45, 2.75) is 26.7 Å². The Hall–Kier alpha value is -2.82. The van der Waals surface area contributed by atoms with Crippen LogP contribution in [0.25, 0.3) is 0 Å². The molecule has 2 amide bonds. The molecule has 2 aromatic carbocycles. The van der Waals surface area contributed by atoms with Gasteiger partial charge in [-0.2, -0.15) is 0 Å². The van der Waals surface area contributed by atoms with Gasteiger partial charge < -0.3 is 16.0 Å². The number of hydrogen-bond donors (Lipinski definition) is 3. The Labute approximate surface area is 136 Å². The van der Waals surface area contributed by atoms with Gasteiger partial charge in [-0.1, -0.05) is 13.0 Å². The summed E-state index contributed by atoms with van der Waals surface area (Å²) in [6.07, 6.45) is 1.35. The molecule has 0 saturated carbocycles. The summed E-state index contributed by atoms with van der Waals surface area (Å²) >= 11 is 0. The Morgan fingerprint density at radius 1 is 0.870 bits per heavy atom. The van der Waals surface area contributed by atoms with Gasteiger partial charge in [0.1, 0.15) is 0 Å². The molecule has 2 aromatic rings. The van der Waals surface area contributed by atoms with Crippen molar-refractivity contribution in [2.24, 2.45) is 0 Å². The molecular weight excluding hydrogens is 290 g/mol. The molecular formula is C18H21N3O2. The van der Waals surface area contributed by atoms with Gasteiger partial charge in [0.15, 0.2) is 0 Å². The largest absolute Gasteiger partial charge is 0.355 e. The summed E-state index contributed by atoms with van der Waals surface area (Å²) in [6, 6.07) is 15.0. The first-order chi connectivity index (χ1) is 11.1. The van der Waals surface area contributed by atoms with Crippen LogP contribution in [0.2, 0.25) is 0 Å². The van der Waals surface area contributed by atoms with Crippen molar-refractivity contribution in [3.63, 3.8) is 0 Å². The van der Waals surface area contributed by atoms with Crippen LogP contribution in [-0.4, -0.2) is 11.8 Å². The van der Waals surface area contributed by atoms with Gasteiger partial charge in [-0.3, -0.25) is 9.59 Å². The number of carbonyl (C=O) groups is 2. The first-order valence-corrected chi connectivity index (χ1v) is 7.61. The van der Waals surface area contributed by atoms with Crippen LogP contribution in [0.1, 0.15) is 26.7 Å². The Balaban J connectivity index is 2.00. The average Bonchev–Trinajstić information content (AvgIpc) is 2.49. The van der Waals surface area contributed by atoms with Gasteiger partial charge >= 0.3 is 0 Å². The van der Waals surface area contributed by atoms with Gasteiger partial charge in [-0.05, 0) is 48.9 Å².